The predicted octanol–water partition coefficient (Wildman–Crippen LogP) is 4.19. The zero-order valence-electron chi connectivity index (χ0n) is 21.5. The first-order chi connectivity index (χ1) is 17.4. The molecule has 1 aliphatic rings. The highest BCUT2D eigenvalue weighted by atomic mass is 19.4. The third-order valence-electron chi connectivity index (χ3n) is 6.72. The van der Waals surface area contributed by atoms with Gasteiger partial charge < -0.3 is 24.7 Å². The highest BCUT2D eigenvalue weighted by Gasteiger charge is 2.41. The van der Waals surface area contributed by atoms with Gasteiger partial charge in [-0.15, -0.1) is 5.10 Å². The van der Waals surface area contributed by atoms with E-state index in [2.05, 4.69) is 26.5 Å². The number of aromatic nitrogens is 2. The van der Waals surface area contributed by atoms with Crippen molar-refractivity contribution in [3.63, 3.8) is 0 Å². The first-order valence-corrected chi connectivity index (χ1v) is 12.4. The van der Waals surface area contributed by atoms with E-state index in [4.69, 9.17) is 14.3 Å². The van der Waals surface area contributed by atoms with E-state index < -0.39 is 36.9 Å². The smallest absolute Gasteiger partial charge is 0.425 e. The summed E-state index contributed by atoms with van der Waals surface area (Å²) in [4.78, 5) is 14.8. The molecule has 1 aromatic carbocycles. The minimum absolute atomic E-state index is 0.0801. The van der Waals surface area contributed by atoms with Crippen LogP contribution in [0.4, 0.5) is 24.9 Å². The highest BCUT2D eigenvalue weighted by Crippen LogP contribution is 2.30. The topological polar surface area (TPSA) is 121 Å². The standard InChI is InChI=1S/C25H35F3N4O5/c1-14-9-18(16(3)20(10-14)29-24-31-30-22(37-24)21(34)13-33)12-32-8-6-5-7-19(15(2)11-32)23(35)36-17(4)25(26,27)28/h9-10,15,17,19,21,33-34H,5-8,11-13H2,1-4H3,(H,29,31)/t15-,17+,19?,21-/m0/s1. The van der Waals surface area contributed by atoms with Crippen molar-refractivity contribution in [3.8, 4) is 0 Å². The predicted molar refractivity (Wildman–Crippen MR) is 129 cm³/mol. The number of hydrogen-bond donors (Lipinski definition) is 3. The van der Waals surface area contributed by atoms with Crippen molar-refractivity contribution in [2.45, 2.75) is 71.9 Å². The van der Waals surface area contributed by atoms with Gasteiger partial charge in [0, 0.05) is 18.8 Å². The summed E-state index contributed by atoms with van der Waals surface area (Å²) in [6.45, 7) is 8.03. The number of likely N-dealkylation sites (tertiary alicyclic amines) is 1. The number of nitrogens with zero attached hydrogens (tertiary/aromatic N) is 3. The normalized spacial score (nSPS) is 21.1. The molecule has 0 bridgehead atoms. The van der Waals surface area contributed by atoms with Crippen LogP contribution in [0.25, 0.3) is 0 Å². The van der Waals surface area contributed by atoms with Gasteiger partial charge in [0.1, 0.15) is 0 Å². The molecule has 1 fully saturated rings. The molecule has 37 heavy (non-hydrogen) atoms. The maximum Gasteiger partial charge on any atom is 0.425 e. The molecule has 0 spiro atoms. The number of nitrogens with one attached hydrogen (secondary N) is 1. The number of esters is 1. The first kappa shape index (κ1) is 28.9. The van der Waals surface area contributed by atoms with Crippen molar-refractivity contribution in [3.05, 3.63) is 34.7 Å². The summed E-state index contributed by atoms with van der Waals surface area (Å²) < 4.78 is 48.8. The van der Waals surface area contributed by atoms with E-state index in [0.29, 0.717) is 19.5 Å². The molecular weight excluding hydrogens is 493 g/mol. The molecule has 3 N–H and O–H groups in total. The van der Waals surface area contributed by atoms with Crippen LogP contribution < -0.4 is 5.32 Å². The number of halogens is 3. The zero-order valence-corrected chi connectivity index (χ0v) is 21.5. The number of anilines is 2. The lowest BCUT2D eigenvalue weighted by atomic mass is 9.87. The minimum atomic E-state index is -4.58. The molecule has 3 rings (SSSR count). The van der Waals surface area contributed by atoms with Gasteiger partial charge in [0.25, 0.3) is 0 Å². The van der Waals surface area contributed by atoms with E-state index >= 15 is 0 Å². The third-order valence-corrected chi connectivity index (χ3v) is 6.72. The number of ether oxygens (including phenoxy) is 1. The Kier molecular flexibility index (Phi) is 9.54. The fourth-order valence-corrected chi connectivity index (χ4v) is 4.51. The average molecular weight is 529 g/mol. The number of aliphatic hydroxyl groups excluding tert-OH is 2. The second-order valence-corrected chi connectivity index (χ2v) is 9.80. The maximum atomic E-state index is 12.9. The van der Waals surface area contributed by atoms with E-state index in [1.54, 1.807) is 0 Å². The first-order valence-electron chi connectivity index (χ1n) is 12.4. The Balaban J connectivity index is 1.71. The summed E-state index contributed by atoms with van der Waals surface area (Å²) in [7, 11) is 0. The van der Waals surface area contributed by atoms with Gasteiger partial charge in [-0.2, -0.15) is 13.2 Å². The summed E-state index contributed by atoms with van der Waals surface area (Å²) in [6, 6.07) is 4.07. The summed E-state index contributed by atoms with van der Waals surface area (Å²) in [5, 5.41) is 29.4. The quantitative estimate of drug-likeness (QED) is 0.433. The van der Waals surface area contributed by atoms with E-state index in [9.17, 15) is 23.1 Å². The monoisotopic (exact) mass is 528 g/mol. The van der Waals surface area contributed by atoms with Gasteiger partial charge in [0.05, 0.1) is 12.5 Å². The largest absolute Gasteiger partial charge is 0.453 e. The molecule has 0 saturated carbocycles. The molecule has 1 unspecified atom stereocenters. The lowest BCUT2D eigenvalue weighted by Crippen LogP contribution is -2.40. The van der Waals surface area contributed by atoms with Gasteiger partial charge in [0.15, 0.2) is 12.2 Å². The number of carbonyl (C=O) groups is 1. The molecule has 2 aromatic rings. The van der Waals surface area contributed by atoms with Gasteiger partial charge in [-0.1, -0.05) is 24.5 Å². The Morgan fingerprint density at radius 1 is 1.30 bits per heavy atom. The Morgan fingerprint density at radius 2 is 2.03 bits per heavy atom. The van der Waals surface area contributed by atoms with Gasteiger partial charge in [-0.25, -0.2) is 0 Å². The average Bonchev–Trinajstić information content (AvgIpc) is 3.27. The molecule has 0 radical (unpaired) electrons. The summed E-state index contributed by atoms with van der Waals surface area (Å²) >= 11 is 0. The van der Waals surface area contributed by atoms with Crippen LogP contribution in [0.15, 0.2) is 16.5 Å². The number of aliphatic hydroxyl groups is 2. The fraction of sp³-hybridized carbons (Fsp3) is 0.640. The van der Waals surface area contributed by atoms with E-state index in [-0.39, 0.29) is 17.8 Å². The molecule has 1 saturated heterocycles. The van der Waals surface area contributed by atoms with Crippen LogP contribution in [0.1, 0.15) is 61.8 Å². The lowest BCUT2D eigenvalue weighted by Gasteiger charge is -2.33. The number of carbonyl (C=O) groups excluding carboxylic acids is 1. The maximum absolute atomic E-state index is 12.9. The summed E-state index contributed by atoms with van der Waals surface area (Å²) in [5.74, 6) is -1.65. The number of hydrogen-bond acceptors (Lipinski definition) is 9. The summed E-state index contributed by atoms with van der Waals surface area (Å²) in [5.41, 5.74) is 3.71. The number of rotatable bonds is 8. The van der Waals surface area contributed by atoms with Crippen molar-refractivity contribution in [2.75, 3.05) is 25.0 Å². The van der Waals surface area contributed by atoms with E-state index in [1.165, 1.54) is 0 Å². The van der Waals surface area contributed by atoms with E-state index in [0.717, 1.165) is 48.7 Å². The van der Waals surface area contributed by atoms with Crippen LogP contribution in [0, 0.1) is 25.7 Å². The molecule has 1 aromatic heterocycles. The Hall–Kier alpha value is -2.70. The molecule has 0 aliphatic carbocycles. The third kappa shape index (κ3) is 7.65. The van der Waals surface area contributed by atoms with Gasteiger partial charge in [-0.05, 0) is 68.8 Å². The molecule has 4 atom stereocenters. The Labute approximate surface area is 214 Å². The SMILES string of the molecule is Cc1cc(CN2CCCCC(C(=O)O[C@H](C)C(F)(F)F)[C@@H](C)C2)c(C)c(Nc2nnc([C@@H](O)CO)o2)c1. The van der Waals surface area contributed by atoms with Crippen LogP contribution in [0.5, 0.6) is 0 Å². The second-order valence-electron chi connectivity index (χ2n) is 9.80. The van der Waals surface area contributed by atoms with Crippen molar-refractivity contribution in [1.82, 2.24) is 15.1 Å². The van der Waals surface area contributed by atoms with Crippen molar-refractivity contribution >= 4 is 17.7 Å². The Morgan fingerprint density at radius 3 is 2.70 bits per heavy atom. The van der Waals surface area contributed by atoms with Crippen molar-refractivity contribution in [1.29, 1.82) is 0 Å². The summed E-state index contributed by atoms with van der Waals surface area (Å²) in [6.07, 6.45) is -5.92. The molecular formula is C25H35F3N4O5. The van der Waals surface area contributed by atoms with E-state index in [1.807, 2.05) is 26.8 Å². The van der Waals surface area contributed by atoms with Crippen LogP contribution in [0.3, 0.4) is 0 Å². The number of benzene rings is 1. The van der Waals surface area contributed by atoms with Crippen LogP contribution in [-0.4, -0.2) is 63.3 Å². The minimum Gasteiger partial charge on any atom is -0.453 e. The second kappa shape index (κ2) is 12.2. The van der Waals surface area contributed by atoms with Crippen LogP contribution >= 0.6 is 0 Å². The molecule has 9 nitrogen and oxygen atoms in total. The molecule has 12 heteroatoms. The zero-order chi connectivity index (χ0) is 27.3. The van der Waals surface area contributed by atoms with Crippen molar-refractivity contribution < 1.29 is 37.3 Å². The van der Waals surface area contributed by atoms with Gasteiger partial charge in [-0.3, -0.25) is 9.69 Å². The molecule has 1 aliphatic heterocycles. The van der Waals surface area contributed by atoms with Crippen molar-refractivity contribution in [2.24, 2.45) is 11.8 Å². The fourth-order valence-electron chi connectivity index (χ4n) is 4.51. The molecule has 0 amide bonds. The number of alkyl halides is 3. The molecule has 2 heterocycles. The Bertz CT molecular complexity index is 1060. The van der Waals surface area contributed by atoms with Gasteiger partial charge in [0.2, 0.25) is 5.89 Å². The molecule has 206 valence electrons. The lowest BCUT2D eigenvalue weighted by molar-refractivity contribution is -0.219. The number of aryl methyl sites for hydroxylation is 1. The van der Waals surface area contributed by atoms with Crippen LogP contribution in [-0.2, 0) is 16.1 Å². The van der Waals surface area contributed by atoms with Gasteiger partial charge >= 0.3 is 18.2 Å². The highest BCUT2D eigenvalue weighted by molar-refractivity contribution is 5.73. The van der Waals surface area contributed by atoms with Crippen LogP contribution in [0.2, 0.25) is 0 Å².